The molecule has 0 aliphatic heterocycles. The predicted octanol–water partition coefficient (Wildman–Crippen LogP) is 1.90. The second-order valence-electron chi connectivity index (χ2n) is 6.95. The lowest BCUT2D eigenvalue weighted by Crippen LogP contribution is -2.60. The van der Waals surface area contributed by atoms with Crippen molar-refractivity contribution >= 4 is 12.0 Å². The van der Waals surface area contributed by atoms with Crippen molar-refractivity contribution in [3.63, 3.8) is 0 Å². The van der Waals surface area contributed by atoms with Gasteiger partial charge in [-0.3, -0.25) is 5.32 Å². The topological polar surface area (TPSA) is 91.9 Å². The molecule has 4 bridgehead atoms. The highest BCUT2D eigenvalue weighted by Crippen LogP contribution is 2.55. The van der Waals surface area contributed by atoms with Crippen LogP contribution in [0.4, 0.5) is 10.7 Å². The number of rotatable bonds is 3. The van der Waals surface area contributed by atoms with Gasteiger partial charge >= 0.3 is 12.0 Å². The molecule has 2 amide bonds. The summed E-state index contributed by atoms with van der Waals surface area (Å²) in [5, 5.41) is 12.4. The number of nitrogens with one attached hydrogen (secondary N) is 3. The summed E-state index contributed by atoms with van der Waals surface area (Å²) < 4.78 is 4.89. The molecule has 0 aromatic carbocycles. The van der Waals surface area contributed by atoms with E-state index < -0.39 is 0 Å². The van der Waals surface area contributed by atoms with Crippen molar-refractivity contribution in [2.24, 2.45) is 17.8 Å². The molecular weight excluding hydrogens is 270 g/mol. The van der Waals surface area contributed by atoms with Crippen molar-refractivity contribution in [1.82, 2.24) is 20.5 Å². The molecule has 7 nitrogen and oxygen atoms in total. The van der Waals surface area contributed by atoms with Gasteiger partial charge in [0.25, 0.3) is 0 Å². The number of anilines is 1. The van der Waals surface area contributed by atoms with E-state index in [1.807, 2.05) is 0 Å². The smallest absolute Gasteiger partial charge is 0.336 e. The number of hydrogen-bond acceptors (Lipinski definition) is 4. The summed E-state index contributed by atoms with van der Waals surface area (Å²) in [6, 6.07) is 0.0239. The molecule has 0 atom stereocenters. The number of amides is 2. The lowest BCUT2D eigenvalue weighted by molar-refractivity contribution is -0.0127. The second kappa shape index (κ2) is 4.61. The summed E-state index contributed by atoms with van der Waals surface area (Å²) in [6.45, 7) is 0. The molecule has 3 N–H and O–H groups in total. The van der Waals surface area contributed by atoms with Crippen LogP contribution in [-0.2, 0) is 0 Å². The van der Waals surface area contributed by atoms with E-state index in [2.05, 4.69) is 25.8 Å². The summed E-state index contributed by atoms with van der Waals surface area (Å²) in [7, 11) is 1.49. The van der Waals surface area contributed by atoms with Crippen molar-refractivity contribution < 1.29 is 9.53 Å². The highest BCUT2D eigenvalue weighted by atomic mass is 16.5. The third-order valence-corrected chi connectivity index (χ3v) is 5.30. The van der Waals surface area contributed by atoms with Crippen molar-refractivity contribution in [2.75, 3.05) is 12.4 Å². The van der Waals surface area contributed by atoms with Gasteiger partial charge in [0.15, 0.2) is 0 Å². The Morgan fingerprint density at radius 1 is 1.24 bits per heavy atom. The molecule has 1 aromatic rings. The first-order valence-corrected chi connectivity index (χ1v) is 7.70. The molecule has 4 aliphatic carbocycles. The zero-order valence-electron chi connectivity index (χ0n) is 12.2. The summed E-state index contributed by atoms with van der Waals surface area (Å²) in [4.78, 5) is 16.2. The number of nitrogens with zero attached hydrogens (tertiary/aromatic N) is 2. The van der Waals surface area contributed by atoms with Crippen LogP contribution in [0.5, 0.6) is 6.01 Å². The molecule has 0 spiro atoms. The van der Waals surface area contributed by atoms with Crippen LogP contribution in [0.1, 0.15) is 38.5 Å². The second-order valence-corrected chi connectivity index (χ2v) is 6.95. The molecular formula is C14H21N5O2. The summed E-state index contributed by atoms with van der Waals surface area (Å²) >= 11 is 0. The summed E-state index contributed by atoms with van der Waals surface area (Å²) in [5.41, 5.74) is 0.00292. The minimum atomic E-state index is -0.198. The third-order valence-electron chi connectivity index (χ3n) is 5.30. The van der Waals surface area contributed by atoms with Crippen LogP contribution in [-0.4, -0.2) is 33.9 Å². The lowest BCUT2D eigenvalue weighted by atomic mass is 9.53. The number of aromatic amines is 1. The van der Waals surface area contributed by atoms with Gasteiger partial charge in [-0.25, -0.2) is 9.89 Å². The standard InChI is InChI=1S/C14H21N5O2/c1-21-13-16-11(18-19-13)15-12(20)17-14-5-8-2-9(6-14)4-10(3-8)7-14/h8-10H,2-7H2,1H3,(H3,15,16,17,18,19,20). The maximum Gasteiger partial charge on any atom is 0.336 e. The molecule has 0 saturated heterocycles. The molecule has 21 heavy (non-hydrogen) atoms. The maximum atomic E-state index is 12.2. The minimum Gasteiger partial charge on any atom is -0.466 e. The fourth-order valence-corrected chi connectivity index (χ4v) is 5.04. The van der Waals surface area contributed by atoms with Crippen LogP contribution >= 0.6 is 0 Å². The van der Waals surface area contributed by atoms with Crippen molar-refractivity contribution in [1.29, 1.82) is 0 Å². The van der Waals surface area contributed by atoms with E-state index in [9.17, 15) is 4.79 Å². The SMILES string of the molecule is COc1n[nH]c(NC(=O)NC23CC4CC(CC(C4)C2)C3)n1. The molecule has 4 aliphatic rings. The van der Waals surface area contributed by atoms with Crippen LogP contribution in [0, 0.1) is 17.8 Å². The first-order chi connectivity index (χ1) is 10.1. The Labute approximate surface area is 123 Å². The number of H-pyrrole nitrogens is 1. The predicted molar refractivity (Wildman–Crippen MR) is 76.0 cm³/mol. The molecule has 4 fully saturated rings. The number of ether oxygens (including phenoxy) is 1. The monoisotopic (exact) mass is 291 g/mol. The van der Waals surface area contributed by atoms with E-state index in [0.717, 1.165) is 37.0 Å². The number of carbonyl (C=O) groups excluding carboxylic acids is 1. The number of hydrogen-bond donors (Lipinski definition) is 3. The highest BCUT2D eigenvalue weighted by Gasteiger charge is 2.51. The molecule has 1 heterocycles. The van der Waals surface area contributed by atoms with Crippen LogP contribution < -0.4 is 15.4 Å². The van der Waals surface area contributed by atoms with Crippen LogP contribution in [0.2, 0.25) is 0 Å². The van der Waals surface area contributed by atoms with Crippen molar-refractivity contribution in [3.05, 3.63) is 0 Å². The Balaban J connectivity index is 1.42. The van der Waals surface area contributed by atoms with E-state index >= 15 is 0 Å². The Hall–Kier alpha value is -1.79. The zero-order chi connectivity index (χ0) is 14.4. The molecule has 7 heteroatoms. The third kappa shape index (κ3) is 2.34. The molecule has 114 valence electrons. The molecule has 0 unspecified atom stereocenters. The van der Waals surface area contributed by atoms with Gasteiger partial charge in [-0.1, -0.05) is 0 Å². The van der Waals surface area contributed by atoms with Gasteiger partial charge in [0.2, 0.25) is 5.95 Å². The highest BCUT2D eigenvalue weighted by molar-refractivity contribution is 5.88. The van der Waals surface area contributed by atoms with E-state index in [1.165, 1.54) is 26.4 Å². The average Bonchev–Trinajstić information content (AvgIpc) is 2.83. The van der Waals surface area contributed by atoms with Gasteiger partial charge in [-0.15, -0.1) is 5.10 Å². The number of urea groups is 1. The van der Waals surface area contributed by atoms with Crippen molar-refractivity contribution in [2.45, 2.75) is 44.1 Å². The normalized spacial score (nSPS) is 36.5. The number of carbonyl (C=O) groups is 1. The van der Waals surface area contributed by atoms with E-state index in [0.29, 0.717) is 5.95 Å². The molecule has 0 radical (unpaired) electrons. The van der Waals surface area contributed by atoms with Crippen molar-refractivity contribution in [3.8, 4) is 6.01 Å². The average molecular weight is 291 g/mol. The largest absolute Gasteiger partial charge is 0.466 e. The Morgan fingerprint density at radius 2 is 1.86 bits per heavy atom. The fourth-order valence-electron chi connectivity index (χ4n) is 5.04. The van der Waals surface area contributed by atoms with Gasteiger partial charge in [0.05, 0.1) is 7.11 Å². The lowest BCUT2D eigenvalue weighted by Gasteiger charge is -2.56. The summed E-state index contributed by atoms with van der Waals surface area (Å²) in [6.07, 6.45) is 7.48. The summed E-state index contributed by atoms with van der Waals surface area (Å²) in [5.74, 6) is 2.74. The van der Waals surface area contributed by atoms with Gasteiger partial charge in [0.1, 0.15) is 0 Å². The van der Waals surface area contributed by atoms with Crippen LogP contribution in [0.3, 0.4) is 0 Å². The van der Waals surface area contributed by atoms with E-state index in [-0.39, 0.29) is 17.6 Å². The zero-order valence-corrected chi connectivity index (χ0v) is 12.2. The molecule has 5 rings (SSSR count). The van der Waals surface area contributed by atoms with Gasteiger partial charge in [-0.05, 0) is 56.3 Å². The Kier molecular flexibility index (Phi) is 2.83. The quantitative estimate of drug-likeness (QED) is 0.793. The Morgan fingerprint density at radius 3 is 2.38 bits per heavy atom. The minimum absolute atomic E-state index is 0.00292. The van der Waals surface area contributed by atoms with Crippen LogP contribution in [0.15, 0.2) is 0 Å². The molecule has 4 saturated carbocycles. The van der Waals surface area contributed by atoms with E-state index in [4.69, 9.17) is 4.74 Å². The maximum absolute atomic E-state index is 12.2. The van der Waals surface area contributed by atoms with Gasteiger partial charge in [0, 0.05) is 5.54 Å². The van der Waals surface area contributed by atoms with Gasteiger partial charge < -0.3 is 10.1 Å². The number of aromatic nitrogens is 3. The first kappa shape index (κ1) is 12.9. The van der Waals surface area contributed by atoms with E-state index in [1.54, 1.807) is 0 Å². The first-order valence-electron chi connectivity index (χ1n) is 7.70. The Bertz CT molecular complexity index is 520. The van der Waals surface area contributed by atoms with Crippen LogP contribution in [0.25, 0.3) is 0 Å². The molecule has 1 aromatic heterocycles. The number of methoxy groups -OCH3 is 1. The fraction of sp³-hybridized carbons (Fsp3) is 0.786. The van der Waals surface area contributed by atoms with Gasteiger partial charge in [-0.2, -0.15) is 4.98 Å².